The Labute approximate surface area is 180 Å². The molecule has 0 aliphatic rings. The number of ether oxygens (including phenoxy) is 3. The molecule has 2 aromatic rings. The summed E-state index contributed by atoms with van der Waals surface area (Å²) in [7, 11) is 9.09. The van der Waals surface area contributed by atoms with E-state index in [-0.39, 0.29) is 6.04 Å². The van der Waals surface area contributed by atoms with E-state index in [2.05, 4.69) is 42.6 Å². The number of rotatable bonds is 10. The molecule has 0 spiro atoms. The second-order valence-electron chi connectivity index (χ2n) is 6.99. The maximum absolute atomic E-state index is 5.55. The molecule has 2 aromatic carbocycles. The molecule has 0 saturated carbocycles. The summed E-state index contributed by atoms with van der Waals surface area (Å²) >= 11 is 0. The normalized spacial score (nSPS) is 12.4. The Morgan fingerprint density at radius 2 is 1.63 bits per heavy atom. The summed E-state index contributed by atoms with van der Waals surface area (Å²) in [6.45, 7) is 4.04. The van der Waals surface area contributed by atoms with Gasteiger partial charge in [0.05, 0.1) is 33.9 Å². The summed E-state index contributed by atoms with van der Waals surface area (Å²) in [6.07, 6.45) is 0. The van der Waals surface area contributed by atoms with Crippen LogP contribution in [0, 0.1) is 0 Å². The van der Waals surface area contributed by atoms with Gasteiger partial charge in [-0.25, -0.2) is 4.99 Å². The van der Waals surface area contributed by atoms with E-state index < -0.39 is 0 Å². The van der Waals surface area contributed by atoms with Gasteiger partial charge in [-0.3, -0.25) is 0 Å². The van der Waals surface area contributed by atoms with E-state index in [4.69, 9.17) is 19.2 Å². The molecule has 0 aliphatic heterocycles. The van der Waals surface area contributed by atoms with Crippen LogP contribution in [0.5, 0.6) is 17.2 Å². The number of hydrogen-bond donors (Lipinski definition) is 2. The molecule has 164 valence electrons. The summed E-state index contributed by atoms with van der Waals surface area (Å²) in [6, 6.07) is 14.1. The summed E-state index contributed by atoms with van der Waals surface area (Å²) in [5.74, 6) is 3.05. The number of nitrogens with zero attached hydrogens (tertiary/aromatic N) is 2. The standard InChI is InChI=1S/C23H34N4O3/c1-7-24-23(25-15-17-12-13-21(29-5)22(14-17)30-6)26-16-19(27(2)3)18-10-8-9-11-20(18)28-4/h8-14,19H,7,15-16H2,1-6H3,(H2,24,25,26). The van der Waals surface area contributed by atoms with E-state index in [9.17, 15) is 0 Å². The molecular formula is C23H34N4O3. The Hall–Kier alpha value is -2.93. The van der Waals surface area contributed by atoms with Crippen molar-refractivity contribution in [3.05, 3.63) is 53.6 Å². The third-order valence-electron chi connectivity index (χ3n) is 4.80. The molecule has 0 aromatic heterocycles. The summed E-state index contributed by atoms with van der Waals surface area (Å²) in [5, 5.41) is 6.77. The van der Waals surface area contributed by atoms with Crippen molar-refractivity contribution < 1.29 is 14.2 Å². The lowest BCUT2D eigenvalue weighted by Crippen LogP contribution is -2.41. The first-order chi connectivity index (χ1) is 14.5. The minimum absolute atomic E-state index is 0.131. The Bertz CT molecular complexity index is 824. The molecule has 0 bridgehead atoms. The molecule has 0 heterocycles. The number of guanidine groups is 1. The quantitative estimate of drug-likeness (QED) is 0.460. The van der Waals surface area contributed by atoms with E-state index in [1.54, 1.807) is 21.3 Å². The van der Waals surface area contributed by atoms with E-state index >= 15 is 0 Å². The van der Waals surface area contributed by atoms with Gasteiger partial charge < -0.3 is 29.7 Å². The molecule has 0 radical (unpaired) electrons. The second kappa shape index (κ2) is 11.9. The predicted molar refractivity (Wildman–Crippen MR) is 122 cm³/mol. The van der Waals surface area contributed by atoms with E-state index in [0.29, 0.717) is 24.6 Å². The van der Waals surface area contributed by atoms with E-state index in [0.717, 1.165) is 29.4 Å². The van der Waals surface area contributed by atoms with Gasteiger partial charge in [-0.2, -0.15) is 0 Å². The average molecular weight is 415 g/mol. The Balaban J connectivity index is 2.13. The van der Waals surface area contributed by atoms with Gasteiger partial charge in [-0.15, -0.1) is 0 Å². The topological polar surface area (TPSA) is 67.4 Å². The number of nitrogens with one attached hydrogen (secondary N) is 2. The number of aliphatic imine (C=N–C) groups is 1. The van der Waals surface area contributed by atoms with E-state index in [1.807, 2.05) is 36.4 Å². The number of benzene rings is 2. The van der Waals surface area contributed by atoms with E-state index in [1.165, 1.54) is 0 Å². The van der Waals surface area contributed by atoms with Crippen molar-refractivity contribution >= 4 is 5.96 Å². The zero-order chi connectivity index (χ0) is 21.9. The molecule has 2 rings (SSSR count). The van der Waals surface area contributed by atoms with Crippen molar-refractivity contribution in [3.8, 4) is 17.2 Å². The summed E-state index contributed by atoms with van der Waals surface area (Å²) < 4.78 is 16.2. The van der Waals surface area contributed by atoms with Crippen molar-refractivity contribution in [2.24, 2.45) is 4.99 Å². The smallest absolute Gasteiger partial charge is 0.191 e. The molecule has 7 heteroatoms. The van der Waals surface area contributed by atoms with Gasteiger partial charge >= 0.3 is 0 Å². The first-order valence-electron chi connectivity index (χ1n) is 10.1. The SMILES string of the molecule is CCNC(=NCc1ccc(OC)c(OC)c1)NCC(c1ccccc1OC)N(C)C. The van der Waals surface area contributed by atoms with Gasteiger partial charge in [0.2, 0.25) is 0 Å². The molecule has 0 fully saturated rings. The first-order valence-corrected chi connectivity index (χ1v) is 10.1. The highest BCUT2D eigenvalue weighted by molar-refractivity contribution is 5.79. The van der Waals surface area contributed by atoms with Crippen LogP contribution < -0.4 is 24.8 Å². The zero-order valence-electron chi connectivity index (χ0n) is 18.9. The van der Waals surface area contributed by atoms with Crippen LogP contribution in [0.25, 0.3) is 0 Å². The molecule has 0 aliphatic carbocycles. The van der Waals surface area contributed by atoms with Gasteiger partial charge in [0.25, 0.3) is 0 Å². The number of methoxy groups -OCH3 is 3. The highest BCUT2D eigenvalue weighted by Crippen LogP contribution is 2.28. The highest BCUT2D eigenvalue weighted by Gasteiger charge is 2.18. The van der Waals surface area contributed by atoms with Crippen molar-refractivity contribution in [1.82, 2.24) is 15.5 Å². The third-order valence-corrected chi connectivity index (χ3v) is 4.80. The van der Waals surface area contributed by atoms with Gasteiger partial charge in [-0.05, 0) is 44.8 Å². The lowest BCUT2D eigenvalue weighted by atomic mass is 10.0. The maximum Gasteiger partial charge on any atom is 0.191 e. The largest absolute Gasteiger partial charge is 0.496 e. The minimum Gasteiger partial charge on any atom is -0.496 e. The molecule has 7 nitrogen and oxygen atoms in total. The zero-order valence-corrected chi connectivity index (χ0v) is 18.9. The summed E-state index contributed by atoms with van der Waals surface area (Å²) in [4.78, 5) is 6.90. The van der Waals surface area contributed by atoms with Crippen LogP contribution in [0.4, 0.5) is 0 Å². The fourth-order valence-corrected chi connectivity index (χ4v) is 3.20. The average Bonchev–Trinajstić information content (AvgIpc) is 2.77. The van der Waals surface area contributed by atoms with Crippen LogP contribution in [0.3, 0.4) is 0 Å². The van der Waals surface area contributed by atoms with Crippen LogP contribution in [-0.4, -0.2) is 59.4 Å². The second-order valence-corrected chi connectivity index (χ2v) is 6.99. The van der Waals surface area contributed by atoms with Crippen molar-refractivity contribution in [1.29, 1.82) is 0 Å². The summed E-state index contributed by atoms with van der Waals surface area (Å²) in [5.41, 5.74) is 2.17. The van der Waals surface area contributed by atoms with Crippen molar-refractivity contribution in [3.63, 3.8) is 0 Å². The van der Waals surface area contributed by atoms with Gasteiger partial charge in [0.1, 0.15) is 5.75 Å². The Morgan fingerprint density at radius 3 is 2.27 bits per heavy atom. The fraction of sp³-hybridized carbons (Fsp3) is 0.435. The van der Waals surface area contributed by atoms with Crippen LogP contribution in [0.2, 0.25) is 0 Å². The monoisotopic (exact) mass is 414 g/mol. The molecule has 1 unspecified atom stereocenters. The van der Waals surface area contributed by atoms with Crippen molar-refractivity contribution in [2.75, 3.05) is 48.5 Å². The molecule has 0 saturated heterocycles. The fourth-order valence-electron chi connectivity index (χ4n) is 3.20. The molecule has 0 amide bonds. The number of likely N-dealkylation sites (N-methyl/N-ethyl adjacent to an activating group) is 1. The Morgan fingerprint density at radius 1 is 0.933 bits per heavy atom. The van der Waals surface area contributed by atoms with Crippen LogP contribution in [0.15, 0.2) is 47.5 Å². The molecular weight excluding hydrogens is 380 g/mol. The van der Waals surface area contributed by atoms with Crippen molar-refractivity contribution in [2.45, 2.75) is 19.5 Å². The highest BCUT2D eigenvalue weighted by atomic mass is 16.5. The van der Waals surface area contributed by atoms with Gasteiger partial charge in [0.15, 0.2) is 17.5 Å². The Kier molecular flexibility index (Phi) is 9.28. The van der Waals surface area contributed by atoms with Gasteiger partial charge in [-0.1, -0.05) is 24.3 Å². The van der Waals surface area contributed by atoms with Crippen LogP contribution >= 0.6 is 0 Å². The molecule has 1 atom stereocenters. The van der Waals surface area contributed by atoms with Gasteiger partial charge in [0, 0.05) is 18.7 Å². The molecule has 30 heavy (non-hydrogen) atoms. The first kappa shape index (κ1) is 23.3. The minimum atomic E-state index is 0.131. The predicted octanol–water partition coefficient (Wildman–Crippen LogP) is 3.07. The molecule has 2 N–H and O–H groups in total. The maximum atomic E-state index is 5.55. The lowest BCUT2D eigenvalue weighted by molar-refractivity contribution is 0.287. The lowest BCUT2D eigenvalue weighted by Gasteiger charge is -2.27. The third kappa shape index (κ3) is 6.29. The number of hydrogen-bond acceptors (Lipinski definition) is 5. The number of para-hydroxylation sites is 1. The van der Waals surface area contributed by atoms with Crippen LogP contribution in [-0.2, 0) is 6.54 Å². The van der Waals surface area contributed by atoms with Crippen LogP contribution in [0.1, 0.15) is 24.1 Å².